The van der Waals surface area contributed by atoms with Gasteiger partial charge in [0, 0.05) is 19.2 Å². The number of nitrogens with zero attached hydrogens (tertiary/aromatic N) is 4. The van der Waals surface area contributed by atoms with Crippen LogP contribution >= 0.6 is 0 Å². The Balaban J connectivity index is 2.08. The highest BCUT2D eigenvalue weighted by Gasteiger charge is 2.12. The van der Waals surface area contributed by atoms with Gasteiger partial charge in [-0.1, -0.05) is 0 Å². The molecule has 1 aromatic heterocycles. The zero-order chi connectivity index (χ0) is 13.0. The number of pyridine rings is 1. The maximum atomic E-state index is 10.5. The van der Waals surface area contributed by atoms with E-state index in [1.54, 1.807) is 0 Å². The van der Waals surface area contributed by atoms with Crippen molar-refractivity contribution in [1.29, 1.82) is 0 Å². The van der Waals surface area contributed by atoms with Crippen LogP contribution in [0.3, 0.4) is 0 Å². The summed E-state index contributed by atoms with van der Waals surface area (Å²) in [5.41, 5.74) is 5.75. The van der Waals surface area contributed by atoms with E-state index >= 15 is 0 Å². The third-order valence-electron chi connectivity index (χ3n) is 2.51. The first kappa shape index (κ1) is 12.2. The number of nitrogens with two attached hydrogens (primary N) is 1. The van der Waals surface area contributed by atoms with E-state index < -0.39 is 4.92 Å². The molecule has 0 saturated carbocycles. The summed E-state index contributed by atoms with van der Waals surface area (Å²) in [5.74, 6) is 0.698. The molecule has 0 atom stereocenters. The summed E-state index contributed by atoms with van der Waals surface area (Å²) in [7, 11) is 0. The molecule has 1 aliphatic rings. The number of guanidine groups is 1. The van der Waals surface area contributed by atoms with Gasteiger partial charge in [0.2, 0.25) is 0 Å². The van der Waals surface area contributed by atoms with E-state index in [9.17, 15) is 10.1 Å². The van der Waals surface area contributed by atoms with Gasteiger partial charge in [0.1, 0.15) is 6.20 Å². The van der Waals surface area contributed by atoms with Crippen molar-refractivity contribution in [3.05, 3.63) is 28.4 Å². The zero-order valence-electron chi connectivity index (χ0n) is 9.65. The molecule has 0 spiro atoms. The number of rotatable bonds is 2. The zero-order valence-corrected chi connectivity index (χ0v) is 9.65. The standard InChI is InChI=1S/C10H13N5O3/c11-10(14-3-5-18-6-4-14)13-9-2-1-8(7-12-9)15(16)17/h1-2,7H,3-6H2,(H2,11,12,13). The molecule has 1 aliphatic heterocycles. The molecule has 2 N–H and O–H groups in total. The summed E-state index contributed by atoms with van der Waals surface area (Å²) in [4.78, 5) is 19.8. The van der Waals surface area contributed by atoms with E-state index in [2.05, 4.69) is 9.98 Å². The van der Waals surface area contributed by atoms with E-state index in [0.717, 1.165) is 6.20 Å². The summed E-state index contributed by atoms with van der Waals surface area (Å²) >= 11 is 0. The van der Waals surface area contributed by atoms with Gasteiger partial charge in [-0.05, 0) is 6.07 Å². The minimum Gasteiger partial charge on any atom is -0.378 e. The summed E-state index contributed by atoms with van der Waals surface area (Å²) in [6.45, 7) is 2.60. The molecule has 0 radical (unpaired) electrons. The Hall–Kier alpha value is -2.22. The van der Waals surface area contributed by atoms with Gasteiger partial charge in [-0.25, -0.2) is 4.98 Å². The highest BCUT2D eigenvalue weighted by Crippen LogP contribution is 2.14. The third-order valence-corrected chi connectivity index (χ3v) is 2.51. The maximum Gasteiger partial charge on any atom is 0.287 e. The number of aliphatic imine (C=N–C) groups is 1. The Bertz CT molecular complexity index is 453. The van der Waals surface area contributed by atoms with Crippen LogP contribution in [0.15, 0.2) is 23.3 Å². The average molecular weight is 251 g/mol. The first-order chi connectivity index (χ1) is 8.66. The van der Waals surface area contributed by atoms with Gasteiger partial charge in [0.15, 0.2) is 11.8 Å². The molecule has 0 bridgehead atoms. The topological polar surface area (TPSA) is 107 Å². The first-order valence-corrected chi connectivity index (χ1v) is 5.44. The van der Waals surface area contributed by atoms with Crippen molar-refractivity contribution in [2.45, 2.75) is 0 Å². The quantitative estimate of drug-likeness (QED) is 0.350. The number of aromatic nitrogens is 1. The summed E-state index contributed by atoms with van der Waals surface area (Å²) < 4.78 is 5.20. The van der Waals surface area contributed by atoms with Gasteiger partial charge >= 0.3 is 0 Å². The number of hydrogen-bond acceptors (Lipinski definition) is 5. The third kappa shape index (κ3) is 2.92. The fourth-order valence-electron chi connectivity index (χ4n) is 1.53. The molecule has 1 aromatic rings. The lowest BCUT2D eigenvalue weighted by molar-refractivity contribution is -0.385. The molecule has 2 rings (SSSR count). The lowest BCUT2D eigenvalue weighted by atomic mass is 10.4. The molecule has 18 heavy (non-hydrogen) atoms. The van der Waals surface area contributed by atoms with Gasteiger partial charge < -0.3 is 15.4 Å². The van der Waals surface area contributed by atoms with Crippen LogP contribution in [0.2, 0.25) is 0 Å². The second-order valence-corrected chi connectivity index (χ2v) is 3.70. The largest absolute Gasteiger partial charge is 0.378 e. The van der Waals surface area contributed by atoms with Crippen molar-refractivity contribution in [2.24, 2.45) is 10.7 Å². The Morgan fingerprint density at radius 1 is 1.50 bits per heavy atom. The lowest BCUT2D eigenvalue weighted by Crippen LogP contribution is -2.44. The van der Waals surface area contributed by atoms with E-state index in [0.29, 0.717) is 38.1 Å². The second-order valence-electron chi connectivity index (χ2n) is 3.70. The molecule has 8 heteroatoms. The van der Waals surface area contributed by atoms with E-state index in [1.165, 1.54) is 12.1 Å². The monoisotopic (exact) mass is 251 g/mol. The average Bonchev–Trinajstić information content (AvgIpc) is 2.40. The molecule has 0 aromatic carbocycles. The molecule has 0 amide bonds. The van der Waals surface area contributed by atoms with Crippen LogP contribution in [-0.2, 0) is 4.74 Å². The van der Waals surface area contributed by atoms with Crippen LogP contribution in [0.25, 0.3) is 0 Å². The van der Waals surface area contributed by atoms with E-state index in [1.807, 2.05) is 4.90 Å². The SMILES string of the molecule is NC(=Nc1ccc([N+](=O)[O-])cn1)N1CCOCC1. The van der Waals surface area contributed by atoms with Crippen LogP contribution in [0.1, 0.15) is 0 Å². The highest BCUT2D eigenvalue weighted by molar-refractivity contribution is 5.80. The van der Waals surface area contributed by atoms with Crippen LogP contribution in [-0.4, -0.2) is 47.1 Å². The van der Waals surface area contributed by atoms with Crippen molar-refractivity contribution < 1.29 is 9.66 Å². The minimum absolute atomic E-state index is 0.0705. The number of morpholine rings is 1. The molecule has 0 aliphatic carbocycles. The second kappa shape index (κ2) is 5.41. The van der Waals surface area contributed by atoms with Crippen LogP contribution in [0.4, 0.5) is 11.5 Å². The molecular weight excluding hydrogens is 238 g/mol. The fraction of sp³-hybridized carbons (Fsp3) is 0.400. The molecule has 96 valence electrons. The highest BCUT2D eigenvalue weighted by atomic mass is 16.6. The van der Waals surface area contributed by atoms with Crippen LogP contribution in [0, 0.1) is 10.1 Å². The number of hydrogen-bond donors (Lipinski definition) is 1. The molecule has 1 saturated heterocycles. The maximum absolute atomic E-state index is 10.5. The smallest absolute Gasteiger partial charge is 0.287 e. The van der Waals surface area contributed by atoms with E-state index in [4.69, 9.17) is 10.5 Å². The minimum atomic E-state index is -0.508. The molecular formula is C10H13N5O3. The van der Waals surface area contributed by atoms with Crippen molar-refractivity contribution in [3.8, 4) is 0 Å². The Labute approximate surface area is 103 Å². The molecule has 1 fully saturated rings. The van der Waals surface area contributed by atoms with Crippen molar-refractivity contribution >= 4 is 17.5 Å². The molecule has 2 heterocycles. The number of nitro groups is 1. The Morgan fingerprint density at radius 2 is 2.22 bits per heavy atom. The summed E-state index contributed by atoms with van der Waals surface area (Å²) in [6, 6.07) is 2.81. The van der Waals surface area contributed by atoms with Crippen LogP contribution in [0.5, 0.6) is 0 Å². The predicted molar refractivity (Wildman–Crippen MR) is 64.6 cm³/mol. The van der Waals surface area contributed by atoms with Crippen molar-refractivity contribution in [2.75, 3.05) is 26.3 Å². The normalized spacial score (nSPS) is 16.7. The van der Waals surface area contributed by atoms with Crippen molar-refractivity contribution in [1.82, 2.24) is 9.88 Å². The van der Waals surface area contributed by atoms with Gasteiger partial charge in [-0.3, -0.25) is 10.1 Å². The molecule has 0 unspecified atom stereocenters. The first-order valence-electron chi connectivity index (χ1n) is 5.44. The summed E-state index contributed by atoms with van der Waals surface area (Å²) in [5, 5.41) is 10.5. The fourth-order valence-corrected chi connectivity index (χ4v) is 1.53. The van der Waals surface area contributed by atoms with Gasteiger partial charge in [0.05, 0.1) is 18.1 Å². The summed E-state index contributed by atoms with van der Waals surface area (Å²) in [6.07, 6.45) is 1.16. The van der Waals surface area contributed by atoms with Crippen molar-refractivity contribution in [3.63, 3.8) is 0 Å². The Morgan fingerprint density at radius 3 is 2.78 bits per heavy atom. The lowest BCUT2D eigenvalue weighted by Gasteiger charge is -2.27. The number of ether oxygens (including phenoxy) is 1. The van der Waals surface area contributed by atoms with Gasteiger partial charge in [0.25, 0.3) is 5.69 Å². The van der Waals surface area contributed by atoms with Crippen LogP contribution < -0.4 is 5.73 Å². The van der Waals surface area contributed by atoms with Gasteiger partial charge in [-0.15, -0.1) is 0 Å². The van der Waals surface area contributed by atoms with Gasteiger partial charge in [-0.2, -0.15) is 4.99 Å². The Kier molecular flexibility index (Phi) is 3.68. The predicted octanol–water partition coefficient (Wildman–Crippen LogP) is 0.268. The molecule has 8 nitrogen and oxygen atoms in total. The van der Waals surface area contributed by atoms with E-state index in [-0.39, 0.29) is 5.69 Å².